The Bertz CT molecular complexity index is 1120. The normalized spacial score (nSPS) is 10.9. The first-order chi connectivity index (χ1) is 14.4. The Morgan fingerprint density at radius 2 is 1.93 bits per heavy atom. The van der Waals surface area contributed by atoms with E-state index in [0.29, 0.717) is 26.3 Å². The molecule has 0 aliphatic heterocycles. The molecule has 3 aromatic rings. The molecule has 0 spiro atoms. The summed E-state index contributed by atoms with van der Waals surface area (Å²) in [5.74, 6) is -0.860. The van der Waals surface area contributed by atoms with Crippen LogP contribution < -0.4 is 10.9 Å². The molecule has 0 aliphatic carbocycles. The summed E-state index contributed by atoms with van der Waals surface area (Å²) in [6.45, 7) is 3.96. The van der Waals surface area contributed by atoms with Crippen LogP contribution in [0.2, 0.25) is 0 Å². The second-order valence-electron chi connectivity index (χ2n) is 6.64. The number of benzene rings is 1. The summed E-state index contributed by atoms with van der Waals surface area (Å²) >= 11 is 1.10. The molecule has 0 unspecified atom stereocenters. The van der Waals surface area contributed by atoms with Gasteiger partial charge in [-0.25, -0.2) is 9.78 Å². The summed E-state index contributed by atoms with van der Waals surface area (Å²) in [6.07, 6.45) is 2.23. The van der Waals surface area contributed by atoms with Crippen molar-refractivity contribution in [2.24, 2.45) is 0 Å². The molecule has 3 rings (SSSR count). The van der Waals surface area contributed by atoms with Crippen molar-refractivity contribution in [3.8, 4) is 0 Å². The molecule has 1 aromatic carbocycles. The van der Waals surface area contributed by atoms with Gasteiger partial charge in [-0.3, -0.25) is 14.2 Å². The smallest absolute Gasteiger partial charge is 0.348 e. The largest absolute Gasteiger partial charge is 0.459 e. The van der Waals surface area contributed by atoms with Crippen molar-refractivity contribution in [2.75, 3.05) is 25.6 Å². The molecule has 0 aliphatic rings. The van der Waals surface area contributed by atoms with Crippen molar-refractivity contribution in [1.82, 2.24) is 9.55 Å². The number of anilines is 1. The summed E-state index contributed by atoms with van der Waals surface area (Å²) in [5.41, 5.74) is 1.96. The van der Waals surface area contributed by atoms with Crippen molar-refractivity contribution in [3.05, 3.63) is 57.0 Å². The van der Waals surface area contributed by atoms with Crippen LogP contribution in [0.5, 0.6) is 0 Å². The van der Waals surface area contributed by atoms with Gasteiger partial charge in [0.2, 0.25) is 5.91 Å². The Balaban J connectivity index is 1.78. The van der Waals surface area contributed by atoms with Crippen LogP contribution in [0, 0.1) is 6.92 Å². The standard InChI is InChI=1S/C21H23N3O5S/c1-4-14-5-7-15(8-6-14)23-16(25)11-24-12-22-19-17(20(24)26)13(2)18(30-19)21(27)29-10-9-28-3/h5-8,12H,4,9-11H2,1-3H3,(H,23,25). The molecule has 0 bridgehead atoms. The third-order valence-corrected chi connectivity index (χ3v) is 5.76. The number of hydrogen-bond acceptors (Lipinski definition) is 7. The molecule has 2 heterocycles. The Hall–Kier alpha value is -3.04. The van der Waals surface area contributed by atoms with E-state index in [-0.39, 0.29) is 31.2 Å². The Morgan fingerprint density at radius 3 is 2.60 bits per heavy atom. The van der Waals surface area contributed by atoms with E-state index in [1.165, 1.54) is 23.6 Å². The molecule has 2 aromatic heterocycles. The van der Waals surface area contributed by atoms with Gasteiger partial charge in [-0.15, -0.1) is 11.3 Å². The number of hydrogen-bond donors (Lipinski definition) is 1. The van der Waals surface area contributed by atoms with Crippen LogP contribution in [0.25, 0.3) is 10.2 Å². The molecule has 1 N–H and O–H groups in total. The van der Waals surface area contributed by atoms with Crippen LogP contribution >= 0.6 is 11.3 Å². The molecule has 8 nitrogen and oxygen atoms in total. The highest BCUT2D eigenvalue weighted by Crippen LogP contribution is 2.27. The summed E-state index contributed by atoms with van der Waals surface area (Å²) in [7, 11) is 1.52. The highest BCUT2D eigenvalue weighted by Gasteiger charge is 2.21. The minimum Gasteiger partial charge on any atom is -0.459 e. The van der Waals surface area contributed by atoms with Crippen molar-refractivity contribution in [3.63, 3.8) is 0 Å². The first kappa shape index (κ1) is 21.7. The van der Waals surface area contributed by atoms with Crippen molar-refractivity contribution >= 4 is 39.1 Å². The fraction of sp³-hybridized carbons (Fsp3) is 0.333. The number of fused-ring (bicyclic) bond motifs is 1. The van der Waals surface area contributed by atoms with Gasteiger partial charge in [0.05, 0.1) is 18.3 Å². The van der Waals surface area contributed by atoms with Gasteiger partial charge in [0.15, 0.2) is 0 Å². The van der Waals surface area contributed by atoms with Gasteiger partial charge in [-0.2, -0.15) is 0 Å². The Kier molecular flexibility index (Phi) is 6.96. The minimum atomic E-state index is -0.522. The van der Waals surface area contributed by atoms with Crippen LogP contribution in [0.1, 0.15) is 27.7 Å². The molecule has 0 atom stereocenters. The Labute approximate surface area is 177 Å². The third-order valence-electron chi connectivity index (χ3n) is 4.58. The number of thiophene rings is 1. The van der Waals surface area contributed by atoms with Crippen molar-refractivity contribution in [2.45, 2.75) is 26.8 Å². The van der Waals surface area contributed by atoms with Gasteiger partial charge < -0.3 is 14.8 Å². The van der Waals surface area contributed by atoms with E-state index in [0.717, 1.165) is 17.8 Å². The number of nitrogens with one attached hydrogen (secondary N) is 1. The van der Waals surface area contributed by atoms with E-state index in [9.17, 15) is 14.4 Å². The summed E-state index contributed by atoms with van der Waals surface area (Å²) in [4.78, 5) is 42.6. The lowest BCUT2D eigenvalue weighted by atomic mass is 10.1. The molecular weight excluding hydrogens is 406 g/mol. The first-order valence-electron chi connectivity index (χ1n) is 9.48. The maximum Gasteiger partial charge on any atom is 0.348 e. The van der Waals surface area contributed by atoms with E-state index in [1.807, 2.05) is 24.3 Å². The van der Waals surface area contributed by atoms with Gasteiger partial charge in [0.25, 0.3) is 5.56 Å². The molecule has 30 heavy (non-hydrogen) atoms. The number of aryl methyl sites for hydroxylation is 2. The minimum absolute atomic E-state index is 0.125. The van der Waals surface area contributed by atoms with Gasteiger partial charge in [-0.05, 0) is 36.6 Å². The fourth-order valence-electron chi connectivity index (χ4n) is 2.93. The molecule has 1 amide bonds. The van der Waals surface area contributed by atoms with Crippen molar-refractivity contribution < 1.29 is 19.1 Å². The zero-order chi connectivity index (χ0) is 21.7. The SMILES string of the molecule is CCc1ccc(NC(=O)Cn2cnc3sc(C(=O)OCCOC)c(C)c3c2=O)cc1. The van der Waals surface area contributed by atoms with Gasteiger partial charge >= 0.3 is 5.97 Å². The number of esters is 1. The number of carbonyl (C=O) groups excluding carboxylic acids is 2. The molecule has 0 saturated carbocycles. The maximum absolute atomic E-state index is 12.9. The Morgan fingerprint density at radius 1 is 1.20 bits per heavy atom. The lowest BCUT2D eigenvalue weighted by Crippen LogP contribution is -2.27. The van der Waals surface area contributed by atoms with Gasteiger partial charge in [0, 0.05) is 12.8 Å². The van der Waals surface area contributed by atoms with E-state index in [2.05, 4.69) is 17.2 Å². The fourth-order valence-corrected chi connectivity index (χ4v) is 3.96. The zero-order valence-corrected chi connectivity index (χ0v) is 17.9. The highest BCUT2D eigenvalue weighted by atomic mass is 32.1. The van der Waals surface area contributed by atoms with Crippen LogP contribution in [0.4, 0.5) is 5.69 Å². The average Bonchev–Trinajstić information content (AvgIpc) is 3.08. The molecule has 0 radical (unpaired) electrons. The number of aromatic nitrogens is 2. The van der Waals surface area contributed by atoms with E-state index in [1.54, 1.807) is 6.92 Å². The van der Waals surface area contributed by atoms with Crippen molar-refractivity contribution in [1.29, 1.82) is 0 Å². The number of nitrogens with zero attached hydrogens (tertiary/aromatic N) is 2. The second kappa shape index (κ2) is 9.64. The number of rotatable bonds is 8. The number of ether oxygens (including phenoxy) is 2. The van der Waals surface area contributed by atoms with Crippen LogP contribution in [-0.2, 0) is 27.2 Å². The number of amides is 1. The summed E-state index contributed by atoms with van der Waals surface area (Å²) in [5, 5.41) is 3.09. The van der Waals surface area contributed by atoms with E-state index in [4.69, 9.17) is 9.47 Å². The highest BCUT2D eigenvalue weighted by molar-refractivity contribution is 7.20. The molecule has 0 saturated heterocycles. The lowest BCUT2D eigenvalue weighted by Gasteiger charge is -2.08. The molecule has 0 fully saturated rings. The quantitative estimate of drug-likeness (QED) is 0.437. The van der Waals surface area contributed by atoms with Gasteiger partial charge in [0.1, 0.15) is 22.9 Å². The average molecular weight is 429 g/mol. The first-order valence-corrected chi connectivity index (χ1v) is 10.3. The molecule has 9 heteroatoms. The van der Waals surface area contributed by atoms with Crippen LogP contribution in [0.15, 0.2) is 35.4 Å². The van der Waals surface area contributed by atoms with E-state index < -0.39 is 5.97 Å². The predicted octanol–water partition coefficient (Wildman–Crippen LogP) is 2.77. The van der Waals surface area contributed by atoms with Crippen LogP contribution in [-0.4, -0.2) is 41.8 Å². The van der Waals surface area contributed by atoms with E-state index >= 15 is 0 Å². The molecular formula is C21H23N3O5S. The molecule has 158 valence electrons. The second-order valence-corrected chi connectivity index (χ2v) is 7.64. The topological polar surface area (TPSA) is 99.5 Å². The summed E-state index contributed by atoms with van der Waals surface area (Å²) < 4.78 is 11.2. The third kappa shape index (κ3) is 4.74. The maximum atomic E-state index is 12.9. The van der Waals surface area contributed by atoms with Crippen LogP contribution in [0.3, 0.4) is 0 Å². The predicted molar refractivity (Wildman–Crippen MR) is 115 cm³/mol. The summed E-state index contributed by atoms with van der Waals surface area (Å²) in [6, 6.07) is 7.53. The lowest BCUT2D eigenvalue weighted by molar-refractivity contribution is -0.116. The number of methoxy groups -OCH3 is 1. The monoisotopic (exact) mass is 429 g/mol. The number of carbonyl (C=O) groups is 2. The zero-order valence-electron chi connectivity index (χ0n) is 17.1. The van der Waals surface area contributed by atoms with Gasteiger partial charge in [-0.1, -0.05) is 19.1 Å².